The number of nitrogens with zero attached hydrogens (tertiary/aromatic N) is 1. The maximum Gasteiger partial charge on any atom is 0.311 e. The molecule has 1 aromatic carbocycles. The summed E-state index contributed by atoms with van der Waals surface area (Å²) < 4.78 is 17.3. The first-order valence-electron chi connectivity index (χ1n) is 15.6. The lowest BCUT2D eigenvalue weighted by atomic mass is 9.53. The van der Waals surface area contributed by atoms with Gasteiger partial charge >= 0.3 is 5.97 Å². The zero-order valence-corrected chi connectivity index (χ0v) is 25.7. The molecule has 0 aromatic heterocycles. The monoisotopic (exact) mass is 580 g/mol. The molecule has 3 atom stereocenters. The summed E-state index contributed by atoms with van der Waals surface area (Å²) in [6, 6.07) is 4.23. The zero-order chi connectivity index (χ0) is 30.1. The number of rotatable bonds is 16. The first kappa shape index (κ1) is 31.8. The van der Waals surface area contributed by atoms with Crippen molar-refractivity contribution in [1.29, 1.82) is 0 Å². The number of carbonyl (C=O) groups is 3. The number of esters is 1. The van der Waals surface area contributed by atoms with Crippen LogP contribution in [0.2, 0.25) is 0 Å². The Morgan fingerprint density at radius 1 is 1.05 bits per heavy atom. The van der Waals surface area contributed by atoms with Crippen molar-refractivity contribution in [3.05, 3.63) is 47.7 Å². The first-order chi connectivity index (χ1) is 20.3. The van der Waals surface area contributed by atoms with Crippen LogP contribution in [0.1, 0.15) is 88.2 Å². The van der Waals surface area contributed by atoms with Crippen molar-refractivity contribution in [3.63, 3.8) is 0 Å². The second-order valence-electron chi connectivity index (χ2n) is 12.1. The molecule has 1 amide bonds. The highest BCUT2D eigenvalue weighted by Gasteiger charge is 2.56. The highest BCUT2D eigenvalue weighted by atomic mass is 16.6. The van der Waals surface area contributed by atoms with E-state index in [-0.39, 0.29) is 29.6 Å². The number of Topliss-reactive ketones (excluding diaryl/α,β-unsaturated/α-hetero) is 1. The number of hydrogen-bond acceptors (Lipinski definition) is 7. The molecule has 2 aliphatic carbocycles. The molecule has 1 heterocycles. The molecule has 1 fully saturated rings. The predicted octanol–water partition coefficient (Wildman–Crippen LogP) is 5.42. The molecule has 8 nitrogen and oxygen atoms in total. The van der Waals surface area contributed by atoms with Gasteiger partial charge in [0.15, 0.2) is 23.0 Å². The third-order valence-electron chi connectivity index (χ3n) is 9.44. The summed E-state index contributed by atoms with van der Waals surface area (Å²) in [5.41, 5.74) is 1.68. The number of likely N-dealkylation sites (N-methyl/N-ethyl adjacent to an activating group) is 1. The average molecular weight is 581 g/mol. The van der Waals surface area contributed by atoms with E-state index in [4.69, 9.17) is 14.2 Å². The molecule has 230 valence electrons. The van der Waals surface area contributed by atoms with Crippen LogP contribution in [0, 0.1) is 5.92 Å². The van der Waals surface area contributed by atoms with Crippen LogP contribution in [0.25, 0.3) is 0 Å². The van der Waals surface area contributed by atoms with Crippen LogP contribution in [0.3, 0.4) is 0 Å². The van der Waals surface area contributed by atoms with Gasteiger partial charge in [0.1, 0.15) is 0 Å². The van der Waals surface area contributed by atoms with Crippen LogP contribution in [-0.2, 0) is 31.0 Å². The Morgan fingerprint density at radius 2 is 1.74 bits per heavy atom. The largest absolute Gasteiger partial charge is 0.493 e. The molecule has 0 unspecified atom stereocenters. The number of allylic oxidation sites excluding steroid dienone is 1. The summed E-state index contributed by atoms with van der Waals surface area (Å²) in [5.74, 6) is 1.23. The average Bonchev–Trinajstić information content (AvgIpc) is 2.98. The SMILES string of the molecule is C=CC(=O)NCCCCCCCCCCCC(=O)Oc1c(OC)ccc2c1[C@@]13CCN(C)[C@@H](C2)[C@H]1C=C(OC)C(=O)C3. The van der Waals surface area contributed by atoms with E-state index < -0.39 is 5.41 Å². The number of carbonyl (C=O) groups excluding carboxylic acids is 3. The highest BCUT2D eigenvalue weighted by molar-refractivity contribution is 5.96. The Bertz CT molecular complexity index is 1180. The Balaban J connectivity index is 1.31. The van der Waals surface area contributed by atoms with Crippen molar-refractivity contribution in [2.45, 2.75) is 94.9 Å². The van der Waals surface area contributed by atoms with Crippen molar-refractivity contribution in [2.24, 2.45) is 5.92 Å². The summed E-state index contributed by atoms with van der Waals surface area (Å²) in [4.78, 5) is 39.8. The standard InChI is InChI=1S/C34H48N2O6/c1-5-30(38)35-19-14-12-10-8-6-7-9-11-13-15-31(39)42-33-28(40-3)17-16-24-21-26-25-22-29(41-4)27(37)23-34(25,32(24)33)18-20-36(26)2/h5,16-17,22,25-26H,1,6-15,18-21,23H2,2-4H3,(H,35,38)/t25-,26+,34-/m1/s1. The van der Waals surface area contributed by atoms with Gasteiger partial charge in [-0.3, -0.25) is 14.4 Å². The molecule has 1 aromatic rings. The predicted molar refractivity (Wildman–Crippen MR) is 163 cm³/mol. The zero-order valence-electron chi connectivity index (χ0n) is 25.7. The van der Waals surface area contributed by atoms with Gasteiger partial charge in [-0.25, -0.2) is 0 Å². The molecule has 1 N–H and O–H groups in total. The minimum absolute atomic E-state index is 0.00187. The lowest BCUT2D eigenvalue weighted by Crippen LogP contribution is -2.60. The Labute approximate surface area is 250 Å². The first-order valence-corrected chi connectivity index (χ1v) is 15.6. The van der Waals surface area contributed by atoms with Crippen molar-refractivity contribution >= 4 is 17.7 Å². The maximum absolute atomic E-state index is 13.2. The molecule has 1 saturated heterocycles. The van der Waals surface area contributed by atoms with Crippen LogP contribution in [0.5, 0.6) is 11.5 Å². The molecule has 1 aliphatic heterocycles. The topological polar surface area (TPSA) is 94.2 Å². The quantitative estimate of drug-likeness (QED) is 0.121. The van der Waals surface area contributed by atoms with E-state index in [2.05, 4.69) is 29.9 Å². The van der Waals surface area contributed by atoms with E-state index in [1.807, 2.05) is 12.1 Å². The number of fused-ring (bicyclic) bond motifs is 1. The normalized spacial score (nSPS) is 22.8. The number of benzene rings is 1. The van der Waals surface area contributed by atoms with E-state index in [1.165, 1.54) is 25.3 Å². The number of ether oxygens (including phenoxy) is 3. The fourth-order valence-electron chi connectivity index (χ4n) is 7.19. The van der Waals surface area contributed by atoms with Crippen LogP contribution in [0.15, 0.2) is 36.6 Å². The minimum Gasteiger partial charge on any atom is -0.493 e. The van der Waals surface area contributed by atoms with Gasteiger partial charge in [-0.2, -0.15) is 0 Å². The van der Waals surface area contributed by atoms with Gasteiger partial charge < -0.3 is 24.4 Å². The Morgan fingerprint density at radius 3 is 2.40 bits per heavy atom. The number of piperidine rings is 1. The molecular formula is C34H48N2O6. The van der Waals surface area contributed by atoms with Crippen molar-refractivity contribution in [2.75, 3.05) is 34.4 Å². The summed E-state index contributed by atoms with van der Waals surface area (Å²) >= 11 is 0. The summed E-state index contributed by atoms with van der Waals surface area (Å²) in [5, 5.41) is 2.81. The molecule has 0 saturated carbocycles. The van der Waals surface area contributed by atoms with Crippen molar-refractivity contribution in [1.82, 2.24) is 10.2 Å². The van der Waals surface area contributed by atoms with Crippen molar-refractivity contribution < 1.29 is 28.6 Å². The van der Waals surface area contributed by atoms with E-state index in [0.29, 0.717) is 36.6 Å². The molecule has 8 heteroatoms. The van der Waals surface area contributed by atoms with Gasteiger partial charge in [0.05, 0.1) is 14.2 Å². The van der Waals surface area contributed by atoms with Crippen molar-refractivity contribution in [3.8, 4) is 11.5 Å². The van der Waals surface area contributed by atoms with Gasteiger partial charge in [-0.05, 0) is 63.1 Å². The van der Waals surface area contributed by atoms with Gasteiger partial charge in [-0.15, -0.1) is 0 Å². The molecular weight excluding hydrogens is 532 g/mol. The van der Waals surface area contributed by atoms with E-state index in [1.54, 1.807) is 14.2 Å². The van der Waals surface area contributed by atoms with E-state index in [9.17, 15) is 14.4 Å². The smallest absolute Gasteiger partial charge is 0.311 e. The molecule has 2 bridgehead atoms. The van der Waals surface area contributed by atoms with E-state index in [0.717, 1.165) is 69.0 Å². The second kappa shape index (κ2) is 14.9. The minimum atomic E-state index is -0.437. The number of likely N-dealkylation sites (tertiary alicyclic amines) is 1. The van der Waals surface area contributed by atoms with Gasteiger partial charge in [-0.1, -0.05) is 57.6 Å². The number of methoxy groups -OCH3 is 2. The van der Waals surface area contributed by atoms with Crippen LogP contribution in [0.4, 0.5) is 0 Å². The highest BCUT2D eigenvalue weighted by Crippen LogP contribution is 2.58. The summed E-state index contributed by atoms with van der Waals surface area (Å²) in [7, 11) is 5.31. The molecule has 0 spiro atoms. The number of hydrogen-bond donors (Lipinski definition) is 1. The van der Waals surface area contributed by atoms with Gasteiger partial charge in [0, 0.05) is 42.3 Å². The number of nitrogens with one attached hydrogen (secondary N) is 1. The molecule has 42 heavy (non-hydrogen) atoms. The van der Waals surface area contributed by atoms with Crippen LogP contribution in [-0.4, -0.2) is 63.0 Å². The maximum atomic E-state index is 13.2. The fourth-order valence-corrected chi connectivity index (χ4v) is 7.19. The number of unbranched alkanes of at least 4 members (excludes halogenated alkanes) is 8. The summed E-state index contributed by atoms with van der Waals surface area (Å²) in [6.07, 6.45) is 15.4. The van der Waals surface area contributed by atoms with E-state index >= 15 is 0 Å². The third-order valence-corrected chi connectivity index (χ3v) is 9.44. The lowest BCUT2D eigenvalue weighted by molar-refractivity contribution is -0.134. The Hall–Kier alpha value is -3.13. The molecule has 4 rings (SSSR count). The fraction of sp³-hybridized carbons (Fsp3) is 0.618. The number of amides is 1. The van der Waals surface area contributed by atoms with Crippen LogP contribution < -0.4 is 14.8 Å². The lowest BCUT2D eigenvalue weighted by Gasteiger charge is -2.56. The molecule has 0 radical (unpaired) electrons. The second-order valence-corrected chi connectivity index (χ2v) is 12.1. The molecule has 3 aliphatic rings. The van der Waals surface area contributed by atoms with Gasteiger partial charge in [0.25, 0.3) is 0 Å². The third kappa shape index (κ3) is 7.08. The number of ketones is 1. The van der Waals surface area contributed by atoms with Crippen LogP contribution >= 0.6 is 0 Å². The Kier molecular flexibility index (Phi) is 11.2. The summed E-state index contributed by atoms with van der Waals surface area (Å²) in [6.45, 7) is 5.04. The van der Waals surface area contributed by atoms with Gasteiger partial charge in [0.2, 0.25) is 5.91 Å².